The summed E-state index contributed by atoms with van der Waals surface area (Å²) in [6.45, 7) is 2.77. The fourth-order valence-corrected chi connectivity index (χ4v) is 6.25. The van der Waals surface area contributed by atoms with E-state index in [0.717, 1.165) is 29.3 Å². The molecule has 2 atom stereocenters. The number of nitrogens with one attached hydrogen (secondary N) is 1. The van der Waals surface area contributed by atoms with Crippen LogP contribution in [0.1, 0.15) is 40.9 Å². The Balaban J connectivity index is 1.31. The molecule has 4 aromatic rings. The fraction of sp³-hybridized carbons (Fsp3) is 0.200. The van der Waals surface area contributed by atoms with Crippen LogP contribution in [0.2, 0.25) is 5.02 Å². The standard InChI is InChI=1S/C35H27ClFNO8/c1-17(39)29-24(40)14-28-35(2,33(29)42)31-25(41)13-27(44-3)30(32(31)46-28)34(43)38-15-18-9-11-26(22-7-5-4-6-21(18)22)45-16-19-8-10-20(37)12-23(19)36/h4-14,29,41H,15-16H2,1-3H3,(H,38,43)/t29?,35-/m1/s1. The first-order chi connectivity index (χ1) is 21.9. The SMILES string of the molecule is COc1cc(O)c2c(c1C(=O)NCc1ccc(OCc3ccc(F)cc3Cl)c3ccccc13)OC1=CC(=O)C(C(C)=O)C(=O)[C@]12C. The number of rotatable bonds is 8. The third-order valence-electron chi connectivity index (χ3n) is 8.41. The van der Waals surface area contributed by atoms with Gasteiger partial charge in [0.25, 0.3) is 5.91 Å². The van der Waals surface area contributed by atoms with Crippen LogP contribution in [0.15, 0.2) is 72.5 Å². The molecule has 11 heteroatoms. The second kappa shape index (κ2) is 11.6. The van der Waals surface area contributed by atoms with Crippen molar-refractivity contribution in [2.24, 2.45) is 5.92 Å². The van der Waals surface area contributed by atoms with Crippen LogP contribution in [0.5, 0.6) is 23.0 Å². The molecule has 9 nitrogen and oxygen atoms in total. The smallest absolute Gasteiger partial charge is 0.259 e. The maximum absolute atomic E-state index is 13.8. The third kappa shape index (κ3) is 4.95. The van der Waals surface area contributed by atoms with Crippen LogP contribution in [0, 0.1) is 11.7 Å². The lowest BCUT2D eigenvalue weighted by molar-refractivity contribution is -0.140. The van der Waals surface area contributed by atoms with E-state index in [1.54, 1.807) is 18.2 Å². The molecule has 0 radical (unpaired) electrons. The highest BCUT2D eigenvalue weighted by molar-refractivity contribution is 6.31. The minimum Gasteiger partial charge on any atom is -0.507 e. The van der Waals surface area contributed by atoms with E-state index in [2.05, 4.69) is 5.32 Å². The molecule has 0 fully saturated rings. The van der Waals surface area contributed by atoms with E-state index in [1.165, 1.54) is 32.2 Å². The van der Waals surface area contributed by atoms with Gasteiger partial charge in [-0.05, 0) is 43.0 Å². The second-order valence-electron chi connectivity index (χ2n) is 11.2. The molecule has 2 aliphatic rings. The van der Waals surface area contributed by atoms with Gasteiger partial charge < -0.3 is 24.6 Å². The highest BCUT2D eigenvalue weighted by atomic mass is 35.5. The van der Waals surface area contributed by atoms with Crippen LogP contribution in [-0.2, 0) is 33.0 Å². The van der Waals surface area contributed by atoms with Crippen LogP contribution >= 0.6 is 11.6 Å². The Morgan fingerprint density at radius 2 is 1.76 bits per heavy atom. The summed E-state index contributed by atoms with van der Waals surface area (Å²) < 4.78 is 30.8. The molecule has 1 aliphatic carbocycles. The molecule has 0 aromatic heterocycles. The third-order valence-corrected chi connectivity index (χ3v) is 8.76. The average molecular weight is 644 g/mol. The van der Waals surface area contributed by atoms with Crippen LogP contribution in [-0.4, -0.2) is 35.5 Å². The van der Waals surface area contributed by atoms with Crippen molar-refractivity contribution in [2.75, 3.05) is 7.11 Å². The molecule has 1 aliphatic heterocycles. The van der Waals surface area contributed by atoms with Gasteiger partial charge in [0.05, 0.1) is 17.7 Å². The van der Waals surface area contributed by atoms with E-state index in [-0.39, 0.29) is 52.3 Å². The molecule has 4 aromatic carbocycles. The molecule has 0 saturated carbocycles. The zero-order valence-electron chi connectivity index (χ0n) is 24.9. The van der Waals surface area contributed by atoms with Crippen LogP contribution < -0.4 is 19.5 Å². The number of allylic oxidation sites excluding steroid dienone is 2. The molecule has 1 heterocycles. The van der Waals surface area contributed by atoms with E-state index in [9.17, 15) is 28.7 Å². The molecule has 6 rings (SSSR count). The van der Waals surface area contributed by atoms with Crippen molar-refractivity contribution >= 4 is 45.6 Å². The minimum atomic E-state index is -1.67. The Bertz CT molecular complexity index is 2020. The zero-order valence-corrected chi connectivity index (χ0v) is 25.7. The summed E-state index contributed by atoms with van der Waals surface area (Å²) in [4.78, 5) is 52.1. The summed E-state index contributed by atoms with van der Waals surface area (Å²) in [7, 11) is 1.31. The summed E-state index contributed by atoms with van der Waals surface area (Å²) in [6, 6.07) is 16.3. The Morgan fingerprint density at radius 1 is 1.04 bits per heavy atom. The summed E-state index contributed by atoms with van der Waals surface area (Å²) in [6.07, 6.45) is 1.07. The number of ether oxygens (including phenoxy) is 3. The second-order valence-corrected chi connectivity index (χ2v) is 11.6. The lowest BCUT2D eigenvalue weighted by atomic mass is 9.67. The zero-order chi connectivity index (χ0) is 32.9. The number of aromatic hydroxyl groups is 1. The van der Waals surface area contributed by atoms with Gasteiger partial charge in [0.1, 0.15) is 58.1 Å². The van der Waals surface area contributed by atoms with Crippen molar-refractivity contribution < 1.29 is 42.9 Å². The monoisotopic (exact) mass is 643 g/mol. The van der Waals surface area contributed by atoms with Crippen molar-refractivity contribution in [3.8, 4) is 23.0 Å². The predicted octanol–water partition coefficient (Wildman–Crippen LogP) is 5.75. The molecule has 46 heavy (non-hydrogen) atoms. The van der Waals surface area contributed by atoms with Gasteiger partial charge in [-0.25, -0.2) is 4.39 Å². The van der Waals surface area contributed by atoms with E-state index < -0.39 is 40.4 Å². The number of phenolic OH excluding ortho intramolecular Hbond substituents is 1. The van der Waals surface area contributed by atoms with Crippen molar-refractivity contribution in [3.63, 3.8) is 0 Å². The van der Waals surface area contributed by atoms with E-state index >= 15 is 0 Å². The fourth-order valence-electron chi connectivity index (χ4n) is 6.02. The number of Topliss-reactive ketones (excluding diaryl/α,β-unsaturated/α-hetero) is 2. The molecule has 234 valence electrons. The predicted molar refractivity (Wildman–Crippen MR) is 166 cm³/mol. The van der Waals surface area contributed by atoms with E-state index in [4.69, 9.17) is 25.8 Å². The highest BCUT2D eigenvalue weighted by Crippen LogP contribution is 2.56. The first-order valence-electron chi connectivity index (χ1n) is 14.2. The van der Waals surface area contributed by atoms with Crippen LogP contribution in [0.4, 0.5) is 4.39 Å². The van der Waals surface area contributed by atoms with Gasteiger partial charge in [-0.15, -0.1) is 0 Å². The summed E-state index contributed by atoms with van der Waals surface area (Å²) in [5.41, 5.74) is -0.420. The normalized spacial score (nSPS) is 18.4. The highest BCUT2D eigenvalue weighted by Gasteiger charge is 2.58. The number of phenols is 1. The maximum Gasteiger partial charge on any atom is 0.259 e. The van der Waals surface area contributed by atoms with Gasteiger partial charge in [-0.1, -0.05) is 48.0 Å². The number of hydrogen-bond donors (Lipinski definition) is 2. The van der Waals surface area contributed by atoms with Gasteiger partial charge >= 0.3 is 0 Å². The number of carbonyl (C=O) groups is 4. The number of carbonyl (C=O) groups excluding carboxylic acids is 4. The van der Waals surface area contributed by atoms with E-state index in [0.29, 0.717) is 11.3 Å². The minimum absolute atomic E-state index is 0.0217. The van der Waals surface area contributed by atoms with Gasteiger partial charge in [-0.2, -0.15) is 0 Å². The quantitative estimate of drug-likeness (QED) is 0.233. The lowest BCUT2D eigenvalue weighted by Gasteiger charge is -2.30. The molecule has 1 unspecified atom stereocenters. The molecule has 0 saturated heterocycles. The molecule has 1 amide bonds. The summed E-state index contributed by atoms with van der Waals surface area (Å²) in [5, 5.41) is 15.7. The summed E-state index contributed by atoms with van der Waals surface area (Å²) >= 11 is 6.16. The number of halogens is 2. The molecular weight excluding hydrogens is 617 g/mol. The number of amides is 1. The van der Waals surface area contributed by atoms with Crippen molar-refractivity contribution in [3.05, 3.63) is 106 Å². The lowest BCUT2D eigenvalue weighted by Crippen LogP contribution is -2.47. The molecule has 2 N–H and O–H groups in total. The summed E-state index contributed by atoms with van der Waals surface area (Å²) in [5.74, 6) is -4.80. The van der Waals surface area contributed by atoms with Crippen molar-refractivity contribution in [1.29, 1.82) is 0 Å². The van der Waals surface area contributed by atoms with Gasteiger partial charge in [0.15, 0.2) is 17.3 Å². The first kappa shape index (κ1) is 30.8. The number of hydrogen-bond acceptors (Lipinski definition) is 8. The topological polar surface area (TPSA) is 128 Å². The number of fused-ring (bicyclic) bond motifs is 4. The Labute approximate surface area is 267 Å². The molecular formula is C35H27ClFNO8. The van der Waals surface area contributed by atoms with Crippen LogP contribution in [0.25, 0.3) is 10.8 Å². The largest absolute Gasteiger partial charge is 0.507 e. The van der Waals surface area contributed by atoms with Crippen molar-refractivity contribution in [2.45, 2.75) is 32.4 Å². The molecule has 0 spiro atoms. The Hall–Kier alpha value is -5.22. The number of benzene rings is 4. The number of methoxy groups -OCH3 is 1. The van der Waals surface area contributed by atoms with Gasteiger partial charge in [-0.3, -0.25) is 19.2 Å². The van der Waals surface area contributed by atoms with Gasteiger partial charge in [0.2, 0.25) is 0 Å². The number of ketones is 3. The maximum atomic E-state index is 13.8. The Morgan fingerprint density at radius 3 is 2.46 bits per heavy atom. The Kier molecular flexibility index (Phi) is 7.77. The first-order valence-corrected chi connectivity index (χ1v) is 14.6. The van der Waals surface area contributed by atoms with Crippen LogP contribution in [0.3, 0.4) is 0 Å². The van der Waals surface area contributed by atoms with E-state index in [1.807, 2.05) is 24.3 Å². The van der Waals surface area contributed by atoms with Crippen molar-refractivity contribution in [1.82, 2.24) is 5.32 Å². The average Bonchev–Trinajstić information content (AvgIpc) is 3.32. The molecule has 0 bridgehead atoms. The van der Waals surface area contributed by atoms with Gasteiger partial charge in [0, 0.05) is 29.6 Å².